The van der Waals surface area contributed by atoms with Crippen LogP contribution in [0.5, 0.6) is 0 Å². The minimum atomic E-state index is -0.482. The maximum absolute atomic E-state index is 12.7. The second-order valence-electron chi connectivity index (χ2n) is 6.16. The Morgan fingerprint density at radius 2 is 2.15 bits per heavy atom. The molecule has 0 spiro atoms. The van der Waals surface area contributed by atoms with Crippen LogP contribution in [0.25, 0.3) is 0 Å². The minimum Gasteiger partial charge on any atom is -0.464 e. The van der Waals surface area contributed by atoms with Crippen molar-refractivity contribution in [1.82, 2.24) is 9.88 Å². The van der Waals surface area contributed by atoms with E-state index in [1.54, 1.807) is 34.5 Å². The van der Waals surface area contributed by atoms with E-state index in [1.807, 2.05) is 0 Å². The molecular weight excluding hydrogens is 374 g/mol. The predicted octanol–water partition coefficient (Wildman–Crippen LogP) is 4.66. The van der Waals surface area contributed by atoms with Gasteiger partial charge in [0.05, 0.1) is 13.7 Å². The molecule has 1 aromatic heterocycles. The smallest absolute Gasteiger partial charge is 0.357 e. The Hall–Kier alpha value is -2.12. The normalized spacial score (nSPS) is 10.7. The topological polar surface area (TPSA) is 71.5 Å². The molecule has 1 N–H and O–H groups in total. The number of esters is 1. The van der Waals surface area contributed by atoms with Crippen molar-refractivity contribution >= 4 is 40.6 Å². The number of rotatable bonds is 7. The van der Waals surface area contributed by atoms with Crippen LogP contribution in [0.3, 0.4) is 0 Å². The number of urea groups is 1. The molecule has 1 aromatic carbocycles. The van der Waals surface area contributed by atoms with Crippen LogP contribution < -0.4 is 5.32 Å². The molecule has 0 aliphatic rings. The van der Waals surface area contributed by atoms with Crippen LogP contribution in [0.2, 0.25) is 5.02 Å². The highest BCUT2D eigenvalue weighted by atomic mass is 35.5. The van der Waals surface area contributed by atoms with Crippen LogP contribution in [0.4, 0.5) is 10.5 Å². The van der Waals surface area contributed by atoms with Crippen LogP contribution in [0, 0.1) is 5.92 Å². The first kappa shape index (κ1) is 20.2. The van der Waals surface area contributed by atoms with Gasteiger partial charge in [-0.05, 0) is 30.5 Å². The summed E-state index contributed by atoms with van der Waals surface area (Å²) in [5.41, 5.74) is 0.887. The number of nitrogens with one attached hydrogen (secondary N) is 1. The molecular formula is C18H22ClN3O3S. The van der Waals surface area contributed by atoms with Gasteiger partial charge < -0.3 is 15.0 Å². The number of carbonyl (C=O) groups excluding carboxylic acids is 2. The fourth-order valence-electron chi connectivity index (χ4n) is 2.18. The lowest BCUT2D eigenvalue weighted by molar-refractivity contribution is 0.0594. The zero-order chi connectivity index (χ0) is 19.1. The van der Waals surface area contributed by atoms with E-state index in [0.717, 1.165) is 6.42 Å². The van der Waals surface area contributed by atoms with E-state index in [0.29, 0.717) is 34.7 Å². The van der Waals surface area contributed by atoms with Gasteiger partial charge >= 0.3 is 12.0 Å². The molecule has 2 amide bonds. The number of carbonyl (C=O) groups is 2. The molecule has 26 heavy (non-hydrogen) atoms. The van der Waals surface area contributed by atoms with Crippen molar-refractivity contribution in [2.24, 2.45) is 5.92 Å². The molecule has 0 saturated carbocycles. The summed E-state index contributed by atoms with van der Waals surface area (Å²) in [5, 5.41) is 5.72. The number of halogens is 1. The first-order valence-corrected chi connectivity index (χ1v) is 9.49. The Labute approximate surface area is 162 Å². The summed E-state index contributed by atoms with van der Waals surface area (Å²) >= 11 is 7.30. The highest BCUT2D eigenvalue weighted by Gasteiger charge is 2.18. The van der Waals surface area contributed by atoms with Gasteiger partial charge in [0.1, 0.15) is 5.01 Å². The number of aromatic nitrogens is 1. The maximum atomic E-state index is 12.7. The van der Waals surface area contributed by atoms with Gasteiger partial charge in [-0.1, -0.05) is 31.5 Å². The van der Waals surface area contributed by atoms with Crippen molar-refractivity contribution in [1.29, 1.82) is 0 Å². The van der Waals surface area contributed by atoms with Gasteiger partial charge in [0.15, 0.2) is 5.69 Å². The number of hydrogen-bond acceptors (Lipinski definition) is 5. The monoisotopic (exact) mass is 395 g/mol. The SMILES string of the molecule is COC(=O)c1csc(CN(CCC(C)C)C(=O)Nc2cccc(Cl)c2)n1. The van der Waals surface area contributed by atoms with Gasteiger partial charge in [0.25, 0.3) is 0 Å². The molecule has 0 saturated heterocycles. The van der Waals surface area contributed by atoms with E-state index in [-0.39, 0.29) is 11.7 Å². The molecule has 2 rings (SSSR count). The lowest BCUT2D eigenvalue weighted by atomic mass is 10.1. The second kappa shape index (κ2) is 9.54. The van der Waals surface area contributed by atoms with Gasteiger partial charge in [0.2, 0.25) is 0 Å². The van der Waals surface area contributed by atoms with E-state index < -0.39 is 5.97 Å². The maximum Gasteiger partial charge on any atom is 0.357 e. The zero-order valence-electron chi connectivity index (χ0n) is 15.0. The fourth-order valence-corrected chi connectivity index (χ4v) is 3.15. The third-order valence-corrected chi connectivity index (χ3v) is 4.68. The van der Waals surface area contributed by atoms with Crippen LogP contribution in [-0.4, -0.2) is 35.5 Å². The van der Waals surface area contributed by atoms with E-state index in [1.165, 1.54) is 18.4 Å². The Morgan fingerprint density at radius 1 is 1.38 bits per heavy atom. The Morgan fingerprint density at radius 3 is 2.81 bits per heavy atom. The van der Waals surface area contributed by atoms with E-state index in [2.05, 4.69) is 28.9 Å². The number of methoxy groups -OCH3 is 1. The fraction of sp³-hybridized carbons (Fsp3) is 0.389. The molecule has 0 bridgehead atoms. The molecule has 2 aromatic rings. The summed E-state index contributed by atoms with van der Waals surface area (Å²) in [6.07, 6.45) is 0.859. The van der Waals surface area contributed by atoms with Crippen molar-refractivity contribution in [3.05, 3.63) is 45.4 Å². The summed E-state index contributed by atoms with van der Waals surface area (Å²) in [5.74, 6) is -0.0250. The average Bonchev–Trinajstić information content (AvgIpc) is 3.06. The van der Waals surface area contributed by atoms with E-state index in [9.17, 15) is 9.59 Å². The van der Waals surface area contributed by atoms with E-state index in [4.69, 9.17) is 11.6 Å². The number of anilines is 1. The van der Waals surface area contributed by atoms with E-state index >= 15 is 0 Å². The van der Waals surface area contributed by atoms with Crippen LogP contribution in [-0.2, 0) is 11.3 Å². The molecule has 140 valence electrons. The lowest BCUT2D eigenvalue weighted by Gasteiger charge is -2.23. The van der Waals surface area contributed by atoms with Gasteiger partial charge in [-0.2, -0.15) is 0 Å². The molecule has 0 unspecified atom stereocenters. The summed E-state index contributed by atoms with van der Waals surface area (Å²) in [6.45, 7) is 5.11. The molecule has 0 fully saturated rings. The van der Waals surface area contributed by atoms with Gasteiger partial charge in [-0.25, -0.2) is 14.6 Å². The van der Waals surface area contributed by atoms with Crippen molar-refractivity contribution in [2.75, 3.05) is 19.0 Å². The van der Waals surface area contributed by atoms with Crippen LogP contribution in [0.1, 0.15) is 35.8 Å². The number of amides is 2. The molecule has 6 nitrogen and oxygen atoms in total. The quantitative estimate of drug-likeness (QED) is 0.692. The summed E-state index contributed by atoms with van der Waals surface area (Å²) in [6, 6.07) is 6.77. The largest absolute Gasteiger partial charge is 0.464 e. The molecule has 0 radical (unpaired) electrons. The lowest BCUT2D eigenvalue weighted by Crippen LogP contribution is -2.35. The number of nitrogens with zero attached hydrogens (tertiary/aromatic N) is 2. The standard InChI is InChI=1S/C18H22ClN3O3S/c1-12(2)7-8-22(10-16-21-15(11-26-16)17(23)25-3)18(24)20-14-6-4-5-13(19)9-14/h4-6,9,11-12H,7-8,10H2,1-3H3,(H,20,24). The number of ether oxygens (including phenoxy) is 1. The predicted molar refractivity (Wildman–Crippen MR) is 104 cm³/mol. The highest BCUT2D eigenvalue weighted by molar-refractivity contribution is 7.09. The molecule has 0 atom stereocenters. The van der Waals surface area contributed by atoms with Crippen molar-refractivity contribution in [3.63, 3.8) is 0 Å². The van der Waals surface area contributed by atoms with Gasteiger partial charge in [-0.3, -0.25) is 0 Å². The van der Waals surface area contributed by atoms with Gasteiger partial charge in [0, 0.05) is 22.6 Å². The minimum absolute atomic E-state index is 0.234. The number of hydrogen-bond donors (Lipinski definition) is 1. The van der Waals surface area contributed by atoms with Crippen molar-refractivity contribution in [2.45, 2.75) is 26.8 Å². The summed E-state index contributed by atoms with van der Waals surface area (Å²) < 4.78 is 4.67. The van der Waals surface area contributed by atoms with Gasteiger partial charge in [-0.15, -0.1) is 11.3 Å². The summed E-state index contributed by atoms with van der Waals surface area (Å²) in [7, 11) is 1.31. The number of thiazole rings is 1. The van der Waals surface area contributed by atoms with Crippen molar-refractivity contribution in [3.8, 4) is 0 Å². The first-order valence-electron chi connectivity index (χ1n) is 8.23. The zero-order valence-corrected chi connectivity index (χ0v) is 16.6. The average molecular weight is 396 g/mol. The summed E-state index contributed by atoms with van der Waals surface area (Å²) in [4.78, 5) is 30.2. The highest BCUT2D eigenvalue weighted by Crippen LogP contribution is 2.18. The molecule has 0 aliphatic heterocycles. The third kappa shape index (κ3) is 6.00. The van der Waals surface area contributed by atoms with Crippen LogP contribution >= 0.6 is 22.9 Å². The third-order valence-electron chi connectivity index (χ3n) is 3.61. The Kier molecular flexibility index (Phi) is 7.41. The second-order valence-corrected chi connectivity index (χ2v) is 7.54. The Balaban J connectivity index is 2.10. The molecule has 0 aliphatic carbocycles. The molecule has 1 heterocycles. The van der Waals surface area contributed by atoms with Crippen LogP contribution in [0.15, 0.2) is 29.6 Å². The number of benzene rings is 1. The molecule has 8 heteroatoms. The first-order chi connectivity index (χ1) is 12.4. The van der Waals surface area contributed by atoms with Crippen molar-refractivity contribution < 1.29 is 14.3 Å². The Bertz CT molecular complexity index is 764.